The summed E-state index contributed by atoms with van der Waals surface area (Å²) in [5.74, 6) is 1.31. The van der Waals surface area contributed by atoms with Crippen molar-refractivity contribution in [2.75, 3.05) is 5.90 Å². The second-order valence-corrected chi connectivity index (χ2v) is 6.65. The van der Waals surface area contributed by atoms with Crippen molar-refractivity contribution in [3.8, 4) is 11.5 Å². The summed E-state index contributed by atoms with van der Waals surface area (Å²) in [4.78, 5) is 0. The summed E-state index contributed by atoms with van der Waals surface area (Å²) in [6.45, 7) is 0. The van der Waals surface area contributed by atoms with Crippen molar-refractivity contribution in [1.29, 1.82) is 0 Å². The second-order valence-electron chi connectivity index (χ2n) is 3.60. The molecule has 2 rings (SSSR count). The van der Waals surface area contributed by atoms with Gasteiger partial charge in [0.05, 0.1) is 5.90 Å². The third-order valence-electron chi connectivity index (χ3n) is 2.20. The van der Waals surface area contributed by atoms with E-state index < -0.39 is 7.60 Å². The van der Waals surface area contributed by atoms with E-state index >= 15 is 0 Å². The molecule has 2 aromatic rings. The highest BCUT2D eigenvalue weighted by molar-refractivity contribution is 7.61. The molecule has 0 saturated carbocycles. The third kappa shape index (κ3) is 3.60. The van der Waals surface area contributed by atoms with Gasteiger partial charge in [-0.15, -0.1) is 9.24 Å². The van der Waals surface area contributed by atoms with Gasteiger partial charge in [-0.2, -0.15) is 0 Å². The molecule has 1 unspecified atom stereocenters. The third-order valence-corrected chi connectivity index (χ3v) is 4.97. The van der Waals surface area contributed by atoms with Gasteiger partial charge < -0.3 is 9.05 Å². The average molecular weight is 280 g/mol. The van der Waals surface area contributed by atoms with Crippen LogP contribution in [0.15, 0.2) is 60.7 Å². The summed E-state index contributed by atoms with van der Waals surface area (Å²) >= 11 is 0. The molecular formula is C13H14O3P2. The Bertz CT molecular complexity index is 483. The highest BCUT2D eigenvalue weighted by Gasteiger charge is 2.25. The van der Waals surface area contributed by atoms with Crippen LogP contribution < -0.4 is 9.05 Å². The van der Waals surface area contributed by atoms with Crippen LogP contribution in [0.5, 0.6) is 11.5 Å². The van der Waals surface area contributed by atoms with Crippen molar-refractivity contribution < 1.29 is 13.6 Å². The minimum absolute atomic E-state index is 0.233. The molecule has 2 aromatic carbocycles. The minimum Gasteiger partial charge on any atom is -0.416 e. The van der Waals surface area contributed by atoms with E-state index in [-0.39, 0.29) is 5.90 Å². The first-order valence-corrected chi connectivity index (χ1v) is 8.05. The van der Waals surface area contributed by atoms with Crippen molar-refractivity contribution in [1.82, 2.24) is 0 Å². The average Bonchev–Trinajstić information content (AvgIpc) is 2.41. The minimum atomic E-state index is -3.18. The van der Waals surface area contributed by atoms with Crippen molar-refractivity contribution in [2.45, 2.75) is 0 Å². The molecule has 0 N–H and O–H groups in total. The molecule has 0 aliphatic rings. The fourth-order valence-electron chi connectivity index (χ4n) is 1.38. The topological polar surface area (TPSA) is 35.5 Å². The van der Waals surface area contributed by atoms with Crippen LogP contribution in [0.2, 0.25) is 0 Å². The zero-order chi connectivity index (χ0) is 12.8. The Balaban J connectivity index is 2.14. The molecular weight excluding hydrogens is 266 g/mol. The van der Waals surface area contributed by atoms with Crippen molar-refractivity contribution in [3.63, 3.8) is 0 Å². The highest BCUT2D eigenvalue weighted by atomic mass is 31.2. The summed E-state index contributed by atoms with van der Waals surface area (Å²) in [5, 5.41) is 0. The standard InChI is InChI=1S/C13H14O3P2/c14-18(11-17,15-12-7-3-1-4-8-12)16-13-9-5-2-6-10-13/h1-10H,11,17H2. The van der Waals surface area contributed by atoms with E-state index in [1.807, 2.05) is 36.4 Å². The molecule has 0 saturated heterocycles. The van der Waals surface area contributed by atoms with E-state index in [9.17, 15) is 4.57 Å². The maximum Gasteiger partial charge on any atom is 0.434 e. The van der Waals surface area contributed by atoms with Crippen molar-refractivity contribution in [2.24, 2.45) is 0 Å². The van der Waals surface area contributed by atoms with Crippen molar-refractivity contribution in [3.05, 3.63) is 60.7 Å². The van der Waals surface area contributed by atoms with E-state index in [1.54, 1.807) is 24.3 Å². The molecule has 0 aromatic heterocycles. The van der Waals surface area contributed by atoms with Gasteiger partial charge in [-0.25, -0.2) is 4.57 Å². The van der Waals surface area contributed by atoms with E-state index in [0.717, 1.165) is 0 Å². The van der Waals surface area contributed by atoms with Gasteiger partial charge in [-0.3, -0.25) is 0 Å². The van der Waals surface area contributed by atoms with E-state index in [1.165, 1.54) is 0 Å². The van der Waals surface area contributed by atoms with Crippen molar-refractivity contribution >= 4 is 16.8 Å². The van der Waals surface area contributed by atoms with Crippen LogP contribution in [0, 0.1) is 0 Å². The van der Waals surface area contributed by atoms with Gasteiger partial charge >= 0.3 is 7.60 Å². The fraction of sp³-hybridized carbons (Fsp3) is 0.0769. The van der Waals surface area contributed by atoms with Crippen LogP contribution in [0.25, 0.3) is 0 Å². The Hall–Kier alpha value is -1.30. The number of hydrogen-bond acceptors (Lipinski definition) is 3. The zero-order valence-corrected chi connectivity index (χ0v) is 11.8. The second kappa shape index (κ2) is 6.04. The highest BCUT2D eigenvalue weighted by Crippen LogP contribution is 2.49. The summed E-state index contributed by atoms with van der Waals surface area (Å²) in [7, 11) is -0.779. The molecule has 0 spiro atoms. The molecule has 1 atom stereocenters. The SMILES string of the molecule is O=P(CP)(Oc1ccccc1)Oc1ccccc1. The van der Waals surface area contributed by atoms with Gasteiger partial charge in [0.15, 0.2) is 0 Å². The fourth-order valence-corrected chi connectivity index (χ4v) is 2.90. The molecule has 0 heterocycles. The van der Waals surface area contributed by atoms with Gasteiger partial charge in [-0.05, 0) is 24.3 Å². The lowest BCUT2D eigenvalue weighted by atomic mass is 10.3. The van der Waals surface area contributed by atoms with Crippen LogP contribution in [0.4, 0.5) is 0 Å². The summed E-state index contributed by atoms with van der Waals surface area (Å²) in [6, 6.07) is 18.0. The van der Waals surface area contributed by atoms with Crippen LogP contribution in [0.3, 0.4) is 0 Å². The molecule has 0 radical (unpaired) electrons. The number of benzene rings is 2. The number of para-hydroxylation sites is 2. The van der Waals surface area contributed by atoms with Gasteiger partial charge in [-0.1, -0.05) is 36.4 Å². The quantitative estimate of drug-likeness (QED) is 0.771. The maximum atomic E-state index is 12.5. The van der Waals surface area contributed by atoms with Crippen LogP contribution in [-0.4, -0.2) is 5.90 Å². The summed E-state index contributed by atoms with van der Waals surface area (Å²) < 4.78 is 23.4. The van der Waals surface area contributed by atoms with Gasteiger partial charge in [0.2, 0.25) is 0 Å². The first-order valence-electron chi connectivity index (χ1n) is 5.50. The molecule has 3 nitrogen and oxygen atoms in total. The molecule has 18 heavy (non-hydrogen) atoms. The monoisotopic (exact) mass is 280 g/mol. The Morgan fingerprint density at radius 3 is 1.56 bits per heavy atom. The van der Waals surface area contributed by atoms with E-state index in [2.05, 4.69) is 9.24 Å². The van der Waals surface area contributed by atoms with Crippen LogP contribution in [0.1, 0.15) is 0 Å². The Morgan fingerprint density at radius 1 is 0.833 bits per heavy atom. The van der Waals surface area contributed by atoms with Crippen LogP contribution >= 0.6 is 16.8 Å². The molecule has 94 valence electrons. The lowest BCUT2D eigenvalue weighted by molar-refractivity contribution is 0.392. The lowest BCUT2D eigenvalue weighted by Crippen LogP contribution is -2.01. The van der Waals surface area contributed by atoms with E-state index in [0.29, 0.717) is 11.5 Å². The van der Waals surface area contributed by atoms with E-state index in [4.69, 9.17) is 9.05 Å². The molecule has 0 fully saturated rings. The Kier molecular flexibility index (Phi) is 4.41. The van der Waals surface area contributed by atoms with Crippen LogP contribution in [-0.2, 0) is 4.57 Å². The Labute approximate surface area is 109 Å². The van der Waals surface area contributed by atoms with Gasteiger partial charge in [0.25, 0.3) is 0 Å². The summed E-state index contributed by atoms with van der Waals surface area (Å²) in [5.41, 5.74) is 0. The number of rotatable bonds is 5. The van der Waals surface area contributed by atoms with Gasteiger partial charge in [0.1, 0.15) is 11.5 Å². The zero-order valence-electron chi connectivity index (χ0n) is 9.73. The molecule has 0 aliphatic carbocycles. The first-order chi connectivity index (χ1) is 8.72. The van der Waals surface area contributed by atoms with Gasteiger partial charge in [0, 0.05) is 0 Å². The molecule has 0 amide bonds. The largest absolute Gasteiger partial charge is 0.434 e. The Morgan fingerprint density at radius 2 is 1.22 bits per heavy atom. The normalized spacial score (nSPS) is 10.9. The lowest BCUT2D eigenvalue weighted by Gasteiger charge is -2.18. The predicted molar refractivity (Wildman–Crippen MR) is 76.3 cm³/mol. The summed E-state index contributed by atoms with van der Waals surface area (Å²) in [6.07, 6.45) is 0. The maximum absolute atomic E-state index is 12.5. The molecule has 0 bridgehead atoms. The predicted octanol–water partition coefficient (Wildman–Crippen LogP) is 4.17. The number of hydrogen-bond donors (Lipinski definition) is 0. The molecule has 5 heteroatoms. The smallest absolute Gasteiger partial charge is 0.416 e. The first kappa shape index (κ1) is 13.1. The molecule has 0 aliphatic heterocycles.